The van der Waals surface area contributed by atoms with Crippen LogP contribution in [0.3, 0.4) is 0 Å². The number of thioether (sulfide) groups is 2. The molecule has 6 heteroatoms. The molecule has 2 heterocycles. The van der Waals surface area contributed by atoms with Gasteiger partial charge in [0.2, 0.25) is 5.04 Å². The van der Waals surface area contributed by atoms with E-state index >= 15 is 0 Å². The molecule has 4 aromatic carbocycles. The molecule has 2 aliphatic rings. The smallest absolute Gasteiger partial charge is 0.365 e. The molecule has 2 aliphatic heterocycles. The minimum atomic E-state index is -0.719. The first-order valence-corrected chi connectivity index (χ1v) is 14.8. The zero-order chi connectivity index (χ0) is 27.2. The predicted octanol–water partition coefficient (Wildman–Crippen LogP) is 7.89. The van der Waals surface area contributed by atoms with Crippen LogP contribution in [-0.2, 0) is 18.5 Å². The molecule has 4 nitrogen and oxygen atoms in total. The Kier molecular flexibility index (Phi) is 6.56. The monoisotopic (exact) mass is 550 g/mol. The van der Waals surface area contributed by atoms with E-state index in [1.807, 2.05) is 23.7 Å². The van der Waals surface area contributed by atoms with E-state index in [4.69, 9.17) is 9.84 Å². The van der Waals surface area contributed by atoms with Gasteiger partial charge >= 0.3 is 5.97 Å². The zero-order valence-electron chi connectivity index (χ0n) is 22.5. The maximum Gasteiger partial charge on any atom is 0.365 e. The second-order valence-corrected chi connectivity index (χ2v) is 12.9. The lowest BCUT2D eigenvalue weighted by atomic mass is 9.81. The van der Waals surface area contributed by atoms with E-state index in [9.17, 15) is 4.79 Å². The van der Waals surface area contributed by atoms with E-state index in [0.29, 0.717) is 11.7 Å². The summed E-state index contributed by atoms with van der Waals surface area (Å²) in [5.74, 6) is -0.391. The van der Waals surface area contributed by atoms with E-state index in [2.05, 4.69) is 118 Å². The molecule has 1 unspecified atom stereocenters. The van der Waals surface area contributed by atoms with Crippen LogP contribution in [0.4, 0.5) is 5.69 Å². The largest absolute Gasteiger partial charge is 0.461 e. The quantitative estimate of drug-likeness (QED) is 0.236. The van der Waals surface area contributed by atoms with Crippen molar-refractivity contribution in [2.45, 2.75) is 36.6 Å². The van der Waals surface area contributed by atoms with Gasteiger partial charge in [-0.1, -0.05) is 125 Å². The fourth-order valence-electron chi connectivity index (χ4n) is 5.33. The van der Waals surface area contributed by atoms with Crippen LogP contribution in [0.25, 0.3) is 0 Å². The van der Waals surface area contributed by atoms with E-state index in [-0.39, 0.29) is 0 Å². The average molecular weight is 551 g/mol. The highest BCUT2D eigenvalue weighted by Gasteiger charge is 2.61. The summed E-state index contributed by atoms with van der Waals surface area (Å²) in [5.41, 5.74) is 9.25. The Morgan fingerprint density at radius 2 is 1.28 bits per heavy atom. The summed E-state index contributed by atoms with van der Waals surface area (Å²) >= 11 is 3.31. The second kappa shape index (κ2) is 9.92. The van der Waals surface area contributed by atoms with Crippen molar-refractivity contribution < 1.29 is 9.53 Å². The fourth-order valence-corrected chi connectivity index (χ4v) is 8.89. The Morgan fingerprint density at radius 3 is 1.82 bits per heavy atom. The SMILES string of the molecule is CCOC(=O)C1=NN(c2ccc(C)cc2)C2(S1)SC(c1ccc(C)cc1)(c1ccc(C)cc1)c1ccccc12. The van der Waals surface area contributed by atoms with Gasteiger partial charge in [-0.05, 0) is 56.5 Å². The molecule has 6 rings (SSSR count). The molecule has 0 N–H and O–H groups in total. The number of carbonyl (C=O) groups excluding carboxylic acids is 1. The molecule has 0 aromatic heterocycles. The Hall–Kier alpha value is -3.48. The van der Waals surface area contributed by atoms with Crippen LogP contribution in [0.5, 0.6) is 0 Å². The maximum absolute atomic E-state index is 13.1. The van der Waals surface area contributed by atoms with Crippen molar-refractivity contribution in [3.63, 3.8) is 0 Å². The summed E-state index contributed by atoms with van der Waals surface area (Å²) in [7, 11) is 0. The number of fused-ring (bicyclic) bond motifs is 2. The number of carbonyl (C=O) groups is 1. The van der Waals surface area contributed by atoms with Crippen LogP contribution in [0.1, 0.15) is 45.9 Å². The van der Waals surface area contributed by atoms with Crippen LogP contribution in [0.15, 0.2) is 102 Å². The molecule has 1 spiro atoms. The van der Waals surface area contributed by atoms with Crippen LogP contribution in [0, 0.1) is 20.8 Å². The number of ether oxygens (including phenoxy) is 1. The van der Waals surface area contributed by atoms with Crippen molar-refractivity contribution in [1.82, 2.24) is 0 Å². The molecule has 0 saturated heterocycles. The van der Waals surface area contributed by atoms with Crippen molar-refractivity contribution in [3.05, 3.63) is 136 Å². The van der Waals surface area contributed by atoms with Gasteiger partial charge in [0, 0.05) is 5.56 Å². The molecule has 4 aromatic rings. The predicted molar refractivity (Wildman–Crippen MR) is 163 cm³/mol. The van der Waals surface area contributed by atoms with Crippen molar-refractivity contribution in [2.75, 3.05) is 11.6 Å². The zero-order valence-corrected chi connectivity index (χ0v) is 24.1. The summed E-state index contributed by atoms with van der Waals surface area (Å²) < 4.78 is 4.20. The lowest BCUT2D eigenvalue weighted by Gasteiger charge is -2.37. The van der Waals surface area contributed by atoms with Crippen molar-refractivity contribution in [1.29, 1.82) is 0 Å². The van der Waals surface area contributed by atoms with Gasteiger partial charge in [0.05, 0.1) is 17.0 Å². The van der Waals surface area contributed by atoms with Gasteiger partial charge in [-0.3, -0.25) is 0 Å². The molecule has 196 valence electrons. The van der Waals surface area contributed by atoms with E-state index in [1.54, 1.807) is 0 Å². The van der Waals surface area contributed by atoms with Crippen molar-refractivity contribution in [3.8, 4) is 0 Å². The number of hydrogen-bond acceptors (Lipinski definition) is 6. The number of aryl methyl sites for hydroxylation is 3. The van der Waals surface area contributed by atoms with Gasteiger partial charge in [0.15, 0.2) is 4.20 Å². The first-order chi connectivity index (χ1) is 18.9. The highest BCUT2D eigenvalue weighted by Crippen LogP contribution is 2.70. The summed E-state index contributed by atoms with van der Waals surface area (Å²) in [6, 6.07) is 34.6. The molecule has 0 aliphatic carbocycles. The number of benzene rings is 4. The summed E-state index contributed by atoms with van der Waals surface area (Å²) in [6.07, 6.45) is 0. The van der Waals surface area contributed by atoms with E-state index in [1.165, 1.54) is 45.1 Å². The molecule has 0 saturated carbocycles. The number of esters is 1. The number of hydrogen-bond donors (Lipinski definition) is 0. The highest BCUT2D eigenvalue weighted by molar-refractivity contribution is 8.27. The number of nitrogens with zero attached hydrogens (tertiary/aromatic N) is 2. The number of anilines is 1. The second-order valence-electron chi connectivity index (χ2n) is 10.0. The van der Waals surface area contributed by atoms with Crippen LogP contribution >= 0.6 is 23.5 Å². The molecule has 0 bridgehead atoms. The first kappa shape index (κ1) is 25.8. The highest BCUT2D eigenvalue weighted by atomic mass is 32.2. The fraction of sp³-hybridized carbons (Fsp3) is 0.212. The molecular formula is C33H30N2O2S2. The molecule has 0 fully saturated rings. The average Bonchev–Trinajstić information content (AvgIpc) is 3.47. The number of rotatable bonds is 5. The molecule has 0 amide bonds. The lowest BCUT2D eigenvalue weighted by molar-refractivity contribution is -0.134. The Bertz CT molecular complexity index is 1520. The van der Waals surface area contributed by atoms with Gasteiger partial charge < -0.3 is 4.74 Å². The standard InChI is InChI=1S/C33H30N2O2S2/c1-5-37-31(36)30-34-35(27-20-14-24(4)15-21-27)33(38-30)29-9-7-6-8-28(29)32(39-33,25-16-10-22(2)11-17-25)26-18-12-23(3)13-19-26/h6-21H,5H2,1-4H3. The molecule has 0 radical (unpaired) electrons. The Balaban J connectivity index is 1.62. The van der Waals surface area contributed by atoms with Crippen LogP contribution in [0.2, 0.25) is 0 Å². The summed E-state index contributed by atoms with van der Waals surface area (Å²) in [6.45, 7) is 8.43. The molecular weight excluding hydrogens is 521 g/mol. The third kappa shape index (κ3) is 4.17. The molecule has 1 atom stereocenters. The Labute approximate surface area is 238 Å². The van der Waals surface area contributed by atoms with Gasteiger partial charge in [-0.2, -0.15) is 5.10 Å². The minimum Gasteiger partial charge on any atom is -0.461 e. The maximum atomic E-state index is 13.1. The Morgan fingerprint density at radius 1 is 0.769 bits per heavy atom. The van der Waals surface area contributed by atoms with Crippen LogP contribution < -0.4 is 5.01 Å². The normalized spacial score (nSPS) is 19.2. The number of hydrazone groups is 1. The lowest BCUT2D eigenvalue weighted by Crippen LogP contribution is -2.34. The van der Waals surface area contributed by atoms with Gasteiger partial charge in [0.25, 0.3) is 0 Å². The van der Waals surface area contributed by atoms with Crippen molar-refractivity contribution in [2.24, 2.45) is 5.10 Å². The van der Waals surface area contributed by atoms with Crippen LogP contribution in [-0.4, -0.2) is 17.6 Å². The minimum absolute atomic E-state index is 0.302. The van der Waals surface area contributed by atoms with E-state index in [0.717, 1.165) is 11.3 Å². The van der Waals surface area contributed by atoms with E-state index < -0.39 is 14.9 Å². The topological polar surface area (TPSA) is 41.9 Å². The van der Waals surface area contributed by atoms with Gasteiger partial charge in [-0.25, -0.2) is 9.80 Å². The summed E-state index contributed by atoms with van der Waals surface area (Å²) in [4.78, 5) is 13.1. The molecule has 39 heavy (non-hydrogen) atoms. The third-order valence-corrected chi connectivity index (χ3v) is 10.6. The van der Waals surface area contributed by atoms with Gasteiger partial charge in [0.1, 0.15) is 0 Å². The first-order valence-electron chi connectivity index (χ1n) is 13.1. The van der Waals surface area contributed by atoms with Crippen molar-refractivity contribution >= 4 is 40.2 Å². The summed E-state index contributed by atoms with van der Waals surface area (Å²) in [5, 5.41) is 7.33. The van der Waals surface area contributed by atoms with Gasteiger partial charge in [-0.15, -0.1) is 0 Å². The third-order valence-electron chi connectivity index (χ3n) is 7.29.